The van der Waals surface area contributed by atoms with Crippen molar-refractivity contribution in [2.75, 3.05) is 29.0 Å². The first-order valence-corrected chi connectivity index (χ1v) is 9.28. The van der Waals surface area contributed by atoms with Crippen LogP contribution in [-0.2, 0) is 11.3 Å². The lowest BCUT2D eigenvalue weighted by Gasteiger charge is -2.24. The summed E-state index contributed by atoms with van der Waals surface area (Å²) < 4.78 is 15.1. The Morgan fingerprint density at radius 1 is 1.36 bits per heavy atom. The van der Waals surface area contributed by atoms with Gasteiger partial charge in [0.15, 0.2) is 0 Å². The van der Waals surface area contributed by atoms with E-state index in [1.807, 2.05) is 6.92 Å². The SMILES string of the molecule is CCCCn1c(N)c(N(CC)CC(=O)Nc2cc(Cl)ccc2F)c(=O)[nH]c1=O. The molecule has 0 aliphatic heterocycles. The fourth-order valence-corrected chi connectivity index (χ4v) is 2.90. The number of nitrogens with two attached hydrogens (primary N) is 1. The molecule has 152 valence electrons. The Labute approximate surface area is 166 Å². The number of nitrogen functional groups attached to an aromatic ring is 1. The van der Waals surface area contributed by atoms with Gasteiger partial charge in [0, 0.05) is 18.1 Å². The first kappa shape index (κ1) is 21.5. The van der Waals surface area contributed by atoms with Crippen LogP contribution in [-0.4, -0.2) is 28.5 Å². The van der Waals surface area contributed by atoms with Gasteiger partial charge in [-0.05, 0) is 31.5 Å². The van der Waals surface area contributed by atoms with Crippen molar-refractivity contribution in [1.29, 1.82) is 0 Å². The minimum absolute atomic E-state index is 0.00853. The van der Waals surface area contributed by atoms with Crippen molar-refractivity contribution in [3.8, 4) is 0 Å². The number of H-pyrrole nitrogens is 1. The summed E-state index contributed by atoms with van der Waals surface area (Å²) in [6, 6.07) is 3.80. The molecular formula is C18H23ClFN5O3. The van der Waals surface area contributed by atoms with Gasteiger partial charge < -0.3 is 16.0 Å². The standard InChI is InChI=1S/C18H23ClFN5O3/c1-3-5-8-25-16(21)15(17(27)23-18(25)28)24(4-2)10-14(26)22-13-9-11(19)6-7-12(13)20/h6-7,9H,3-5,8,10,21H2,1-2H3,(H,22,26)(H,23,27,28). The lowest BCUT2D eigenvalue weighted by Crippen LogP contribution is -2.41. The number of unbranched alkanes of at least 4 members (excludes halogenated alkanes) is 1. The lowest BCUT2D eigenvalue weighted by atomic mass is 10.3. The zero-order valence-electron chi connectivity index (χ0n) is 15.7. The number of aromatic amines is 1. The van der Waals surface area contributed by atoms with E-state index in [9.17, 15) is 18.8 Å². The normalized spacial score (nSPS) is 10.7. The number of halogens is 2. The zero-order chi connectivity index (χ0) is 20.8. The van der Waals surface area contributed by atoms with E-state index in [1.54, 1.807) is 6.92 Å². The van der Waals surface area contributed by atoms with Crippen LogP contribution in [0.1, 0.15) is 26.7 Å². The highest BCUT2D eigenvalue weighted by Gasteiger charge is 2.20. The molecule has 28 heavy (non-hydrogen) atoms. The van der Waals surface area contributed by atoms with Crippen LogP contribution in [0.4, 0.5) is 21.6 Å². The first-order valence-electron chi connectivity index (χ1n) is 8.90. The molecule has 0 radical (unpaired) electrons. The molecule has 0 saturated carbocycles. The van der Waals surface area contributed by atoms with Gasteiger partial charge in [-0.3, -0.25) is 19.1 Å². The number of likely N-dealkylation sites (N-methyl/N-ethyl adjacent to an activating group) is 1. The highest BCUT2D eigenvalue weighted by molar-refractivity contribution is 6.30. The number of aromatic nitrogens is 2. The van der Waals surface area contributed by atoms with Crippen LogP contribution < -0.4 is 27.2 Å². The fraction of sp³-hybridized carbons (Fsp3) is 0.389. The van der Waals surface area contributed by atoms with Crippen LogP contribution in [0.25, 0.3) is 0 Å². The summed E-state index contributed by atoms with van der Waals surface area (Å²) in [7, 11) is 0. The molecule has 1 heterocycles. The van der Waals surface area contributed by atoms with Gasteiger partial charge in [0.2, 0.25) is 5.91 Å². The molecule has 1 aromatic carbocycles. The quantitative estimate of drug-likeness (QED) is 0.616. The van der Waals surface area contributed by atoms with Crippen molar-refractivity contribution in [2.24, 2.45) is 0 Å². The largest absolute Gasteiger partial charge is 0.383 e. The Morgan fingerprint density at radius 2 is 2.07 bits per heavy atom. The van der Waals surface area contributed by atoms with E-state index in [0.29, 0.717) is 13.0 Å². The fourth-order valence-electron chi connectivity index (χ4n) is 2.73. The Balaban J connectivity index is 2.30. The number of anilines is 3. The number of carbonyl (C=O) groups is 1. The van der Waals surface area contributed by atoms with Gasteiger partial charge in [0.05, 0.1) is 12.2 Å². The van der Waals surface area contributed by atoms with Gasteiger partial charge in [-0.1, -0.05) is 24.9 Å². The summed E-state index contributed by atoms with van der Waals surface area (Å²) in [6.07, 6.45) is 1.54. The average Bonchev–Trinajstić information content (AvgIpc) is 2.63. The topological polar surface area (TPSA) is 113 Å². The minimum atomic E-state index is -0.682. The Hall–Kier alpha value is -2.81. The van der Waals surface area contributed by atoms with E-state index in [4.69, 9.17) is 17.3 Å². The van der Waals surface area contributed by atoms with E-state index in [2.05, 4.69) is 10.3 Å². The van der Waals surface area contributed by atoms with E-state index < -0.39 is 23.0 Å². The van der Waals surface area contributed by atoms with Crippen molar-refractivity contribution in [1.82, 2.24) is 9.55 Å². The molecule has 0 bridgehead atoms. The smallest absolute Gasteiger partial charge is 0.330 e. The molecule has 0 fully saturated rings. The van der Waals surface area contributed by atoms with E-state index in [1.165, 1.54) is 21.6 Å². The highest BCUT2D eigenvalue weighted by atomic mass is 35.5. The highest BCUT2D eigenvalue weighted by Crippen LogP contribution is 2.20. The van der Waals surface area contributed by atoms with Crippen molar-refractivity contribution in [3.05, 3.63) is 49.9 Å². The first-order chi connectivity index (χ1) is 13.3. The summed E-state index contributed by atoms with van der Waals surface area (Å²) in [4.78, 5) is 40.4. The molecule has 10 heteroatoms. The van der Waals surface area contributed by atoms with Gasteiger partial charge >= 0.3 is 5.69 Å². The number of carbonyl (C=O) groups excluding carboxylic acids is 1. The lowest BCUT2D eigenvalue weighted by molar-refractivity contribution is -0.115. The third-order valence-corrected chi connectivity index (χ3v) is 4.42. The number of rotatable bonds is 8. The average molecular weight is 412 g/mol. The molecule has 0 saturated heterocycles. The monoisotopic (exact) mass is 411 g/mol. The van der Waals surface area contributed by atoms with Crippen molar-refractivity contribution >= 4 is 34.7 Å². The van der Waals surface area contributed by atoms with Gasteiger partial charge in [-0.2, -0.15) is 0 Å². The second-order valence-corrected chi connectivity index (χ2v) is 6.62. The molecule has 8 nitrogen and oxygen atoms in total. The van der Waals surface area contributed by atoms with Gasteiger partial charge in [-0.25, -0.2) is 9.18 Å². The van der Waals surface area contributed by atoms with Crippen LogP contribution in [0.3, 0.4) is 0 Å². The maximum atomic E-state index is 13.8. The molecule has 2 aromatic rings. The molecule has 0 unspecified atom stereocenters. The van der Waals surface area contributed by atoms with E-state index >= 15 is 0 Å². The zero-order valence-corrected chi connectivity index (χ0v) is 16.5. The predicted octanol–water partition coefficient (Wildman–Crippen LogP) is 2.18. The van der Waals surface area contributed by atoms with Crippen LogP contribution in [0.2, 0.25) is 5.02 Å². The Bertz CT molecular complexity index is 973. The van der Waals surface area contributed by atoms with Gasteiger partial charge in [0.1, 0.15) is 17.3 Å². The van der Waals surface area contributed by atoms with E-state index in [0.717, 1.165) is 12.5 Å². The molecule has 4 N–H and O–H groups in total. The van der Waals surface area contributed by atoms with Gasteiger partial charge in [0.25, 0.3) is 5.56 Å². The van der Waals surface area contributed by atoms with Crippen LogP contribution >= 0.6 is 11.6 Å². The number of hydrogen-bond donors (Lipinski definition) is 3. The maximum absolute atomic E-state index is 13.8. The number of nitrogens with one attached hydrogen (secondary N) is 2. The molecule has 1 amide bonds. The number of nitrogens with zero attached hydrogens (tertiary/aromatic N) is 2. The molecule has 0 aliphatic carbocycles. The second-order valence-electron chi connectivity index (χ2n) is 6.18. The van der Waals surface area contributed by atoms with Crippen molar-refractivity contribution in [3.63, 3.8) is 0 Å². The molecule has 0 atom stereocenters. The Morgan fingerprint density at radius 3 is 2.71 bits per heavy atom. The third kappa shape index (κ3) is 4.92. The van der Waals surface area contributed by atoms with Crippen molar-refractivity contribution < 1.29 is 9.18 Å². The summed E-state index contributed by atoms with van der Waals surface area (Å²) in [5.41, 5.74) is 4.75. The molecule has 2 rings (SSSR count). The number of hydrogen-bond acceptors (Lipinski definition) is 5. The van der Waals surface area contributed by atoms with Crippen molar-refractivity contribution in [2.45, 2.75) is 33.2 Å². The molecule has 1 aromatic heterocycles. The molecular weight excluding hydrogens is 389 g/mol. The summed E-state index contributed by atoms with van der Waals surface area (Å²) in [6.45, 7) is 4.05. The third-order valence-electron chi connectivity index (χ3n) is 4.18. The Kier molecular flexibility index (Phi) is 7.22. The second kappa shape index (κ2) is 9.41. The summed E-state index contributed by atoms with van der Waals surface area (Å²) in [5, 5.41) is 2.69. The summed E-state index contributed by atoms with van der Waals surface area (Å²) >= 11 is 5.82. The molecule has 0 spiro atoms. The number of amides is 1. The van der Waals surface area contributed by atoms with Crippen LogP contribution in [0.15, 0.2) is 27.8 Å². The van der Waals surface area contributed by atoms with Gasteiger partial charge in [-0.15, -0.1) is 0 Å². The van der Waals surface area contributed by atoms with Crippen LogP contribution in [0.5, 0.6) is 0 Å². The minimum Gasteiger partial charge on any atom is -0.383 e. The summed E-state index contributed by atoms with van der Waals surface area (Å²) in [5.74, 6) is -1.20. The molecule has 0 aliphatic rings. The van der Waals surface area contributed by atoms with E-state index in [-0.39, 0.29) is 35.3 Å². The van der Waals surface area contributed by atoms with Crippen LogP contribution in [0, 0.1) is 5.82 Å². The maximum Gasteiger partial charge on any atom is 0.330 e. The predicted molar refractivity (Wildman–Crippen MR) is 109 cm³/mol. The number of benzene rings is 1.